The zero-order chi connectivity index (χ0) is 10.1. The first kappa shape index (κ1) is 9.91. The number of H-pyrrole nitrogens is 1. The first-order valence-corrected chi connectivity index (χ1v) is 5.29. The molecule has 0 aliphatic rings. The minimum absolute atomic E-state index is 0.0953. The number of aromatic nitrogens is 2. The molecule has 0 bridgehead atoms. The highest BCUT2D eigenvalue weighted by Gasteiger charge is 2.20. The topological polar surface area (TPSA) is 79.9 Å². The fourth-order valence-electron chi connectivity index (χ4n) is 0.732. The van der Waals surface area contributed by atoms with Crippen molar-refractivity contribution >= 4 is 9.84 Å². The van der Waals surface area contributed by atoms with Gasteiger partial charge in [0.2, 0.25) is 0 Å². The van der Waals surface area contributed by atoms with E-state index < -0.39 is 20.6 Å². The summed E-state index contributed by atoms with van der Waals surface area (Å²) in [6, 6.07) is 2.34. The maximum atomic E-state index is 11.5. The van der Waals surface area contributed by atoms with Crippen molar-refractivity contribution in [3.05, 3.63) is 22.5 Å². The molecule has 0 aliphatic carbocycles. The minimum Gasteiger partial charge on any atom is -0.268 e. The minimum atomic E-state index is -3.37. The number of rotatable bonds is 2. The van der Waals surface area contributed by atoms with Crippen molar-refractivity contribution in [3.8, 4) is 0 Å². The molecule has 6 heteroatoms. The van der Waals surface area contributed by atoms with E-state index in [2.05, 4.69) is 10.2 Å². The molecule has 0 unspecified atom stereocenters. The summed E-state index contributed by atoms with van der Waals surface area (Å²) in [5.41, 5.74) is -0.414. The van der Waals surface area contributed by atoms with Crippen LogP contribution in [0.2, 0.25) is 0 Å². The fourth-order valence-corrected chi connectivity index (χ4v) is 1.65. The van der Waals surface area contributed by atoms with Gasteiger partial charge in [-0.15, -0.1) is 0 Å². The molecule has 0 aromatic carbocycles. The SMILES string of the molecule is CC(C)S(=O)(=O)c1ccc(=O)[nH]n1. The molecule has 0 atom stereocenters. The second kappa shape index (κ2) is 3.29. The van der Waals surface area contributed by atoms with Gasteiger partial charge in [0, 0.05) is 6.07 Å². The lowest BCUT2D eigenvalue weighted by molar-refractivity contribution is 0.581. The van der Waals surface area contributed by atoms with Crippen molar-refractivity contribution in [2.45, 2.75) is 24.1 Å². The molecule has 5 nitrogen and oxygen atoms in total. The molecule has 13 heavy (non-hydrogen) atoms. The van der Waals surface area contributed by atoms with Crippen LogP contribution in [0, 0.1) is 0 Å². The summed E-state index contributed by atoms with van der Waals surface area (Å²) in [7, 11) is -3.37. The van der Waals surface area contributed by atoms with Crippen LogP contribution in [0.1, 0.15) is 13.8 Å². The molecule has 1 N–H and O–H groups in total. The first-order valence-electron chi connectivity index (χ1n) is 3.74. The molecule has 0 saturated carbocycles. The van der Waals surface area contributed by atoms with Gasteiger partial charge in [-0.3, -0.25) is 4.79 Å². The van der Waals surface area contributed by atoms with Gasteiger partial charge in [-0.1, -0.05) is 0 Å². The summed E-state index contributed by atoms with van der Waals surface area (Å²) in [6.45, 7) is 3.12. The third kappa shape index (κ3) is 1.95. The van der Waals surface area contributed by atoms with Gasteiger partial charge in [-0.05, 0) is 19.9 Å². The number of hydrogen-bond donors (Lipinski definition) is 1. The molecule has 0 saturated heterocycles. The van der Waals surface area contributed by atoms with Crippen molar-refractivity contribution in [2.75, 3.05) is 0 Å². The van der Waals surface area contributed by atoms with Crippen LogP contribution in [0.3, 0.4) is 0 Å². The highest BCUT2D eigenvalue weighted by Crippen LogP contribution is 2.09. The Bertz CT molecular complexity index is 427. The standard InChI is InChI=1S/C7H10N2O3S/c1-5(2)13(11,12)7-4-3-6(10)8-9-7/h3-5H,1-2H3,(H,8,10). The van der Waals surface area contributed by atoms with E-state index in [-0.39, 0.29) is 5.03 Å². The Morgan fingerprint density at radius 3 is 2.38 bits per heavy atom. The molecule has 1 rings (SSSR count). The number of sulfone groups is 1. The van der Waals surface area contributed by atoms with Crippen molar-refractivity contribution in [2.24, 2.45) is 0 Å². The maximum Gasteiger partial charge on any atom is 0.264 e. The van der Waals surface area contributed by atoms with Gasteiger partial charge < -0.3 is 0 Å². The predicted molar refractivity (Wildman–Crippen MR) is 47.2 cm³/mol. The zero-order valence-corrected chi connectivity index (χ0v) is 8.13. The van der Waals surface area contributed by atoms with Gasteiger partial charge >= 0.3 is 0 Å². The molecule has 0 amide bonds. The number of hydrogen-bond acceptors (Lipinski definition) is 4. The van der Waals surface area contributed by atoms with Crippen LogP contribution < -0.4 is 5.56 Å². The highest BCUT2D eigenvalue weighted by molar-refractivity contribution is 7.91. The third-order valence-corrected chi connectivity index (χ3v) is 3.62. The Hall–Kier alpha value is -1.17. The monoisotopic (exact) mass is 202 g/mol. The summed E-state index contributed by atoms with van der Waals surface area (Å²) in [6.07, 6.45) is 0. The van der Waals surface area contributed by atoms with Crippen LogP contribution in [0.4, 0.5) is 0 Å². The van der Waals surface area contributed by atoms with Crippen LogP contribution in [-0.4, -0.2) is 23.9 Å². The molecular formula is C7H10N2O3S. The Kier molecular flexibility index (Phi) is 2.51. The van der Waals surface area contributed by atoms with E-state index in [0.29, 0.717) is 0 Å². The van der Waals surface area contributed by atoms with E-state index in [0.717, 1.165) is 6.07 Å². The van der Waals surface area contributed by atoms with E-state index >= 15 is 0 Å². The lowest BCUT2D eigenvalue weighted by Gasteiger charge is -2.04. The summed E-state index contributed by atoms with van der Waals surface area (Å²) in [5, 5.41) is 4.89. The predicted octanol–water partition coefficient (Wildman–Crippen LogP) is -0.0480. The van der Waals surface area contributed by atoms with Crippen LogP contribution in [0.5, 0.6) is 0 Å². The van der Waals surface area contributed by atoms with E-state index in [9.17, 15) is 13.2 Å². The van der Waals surface area contributed by atoms with Gasteiger partial charge in [0.15, 0.2) is 14.9 Å². The lowest BCUT2D eigenvalue weighted by atomic mass is 10.6. The number of aromatic amines is 1. The molecular weight excluding hydrogens is 192 g/mol. The Labute approximate surface area is 75.7 Å². The van der Waals surface area contributed by atoms with E-state index in [4.69, 9.17) is 0 Å². The van der Waals surface area contributed by atoms with Crippen molar-refractivity contribution in [1.82, 2.24) is 10.2 Å². The first-order chi connectivity index (χ1) is 5.94. The van der Waals surface area contributed by atoms with E-state index in [1.165, 1.54) is 6.07 Å². The van der Waals surface area contributed by atoms with Crippen molar-refractivity contribution in [1.29, 1.82) is 0 Å². The summed E-state index contributed by atoms with van der Waals surface area (Å²) in [5.74, 6) is 0. The number of nitrogens with one attached hydrogen (secondary N) is 1. The fraction of sp³-hybridized carbons (Fsp3) is 0.429. The Morgan fingerprint density at radius 2 is 2.00 bits per heavy atom. The van der Waals surface area contributed by atoms with Crippen molar-refractivity contribution in [3.63, 3.8) is 0 Å². The summed E-state index contributed by atoms with van der Waals surface area (Å²) in [4.78, 5) is 10.6. The van der Waals surface area contributed by atoms with Gasteiger partial charge in [0.1, 0.15) is 0 Å². The molecule has 0 aliphatic heterocycles. The zero-order valence-electron chi connectivity index (χ0n) is 7.31. The average Bonchev–Trinajstić information content (AvgIpc) is 2.04. The second-order valence-electron chi connectivity index (χ2n) is 2.85. The van der Waals surface area contributed by atoms with E-state index in [1.807, 2.05) is 0 Å². The van der Waals surface area contributed by atoms with Crippen LogP contribution in [0.15, 0.2) is 22.0 Å². The Balaban J connectivity index is 3.25. The van der Waals surface area contributed by atoms with Crippen molar-refractivity contribution < 1.29 is 8.42 Å². The normalized spacial score (nSPS) is 11.9. The third-order valence-electron chi connectivity index (χ3n) is 1.57. The molecule has 1 aromatic heterocycles. The Morgan fingerprint density at radius 1 is 1.38 bits per heavy atom. The van der Waals surface area contributed by atoms with Gasteiger partial charge in [-0.25, -0.2) is 13.5 Å². The van der Waals surface area contributed by atoms with Gasteiger partial charge in [0.25, 0.3) is 5.56 Å². The summed E-state index contributed by atoms with van der Waals surface area (Å²) < 4.78 is 22.9. The van der Waals surface area contributed by atoms with Gasteiger partial charge in [-0.2, -0.15) is 5.10 Å². The summed E-state index contributed by atoms with van der Waals surface area (Å²) >= 11 is 0. The largest absolute Gasteiger partial charge is 0.268 e. The van der Waals surface area contributed by atoms with E-state index in [1.54, 1.807) is 13.8 Å². The molecule has 1 heterocycles. The molecule has 72 valence electrons. The molecule has 1 aromatic rings. The van der Waals surface area contributed by atoms with Crippen LogP contribution >= 0.6 is 0 Å². The average molecular weight is 202 g/mol. The number of nitrogens with zero attached hydrogens (tertiary/aromatic N) is 1. The molecule has 0 spiro atoms. The molecule has 0 radical (unpaired) electrons. The highest BCUT2D eigenvalue weighted by atomic mass is 32.2. The maximum absolute atomic E-state index is 11.5. The van der Waals surface area contributed by atoms with Gasteiger partial charge in [0.05, 0.1) is 5.25 Å². The van der Waals surface area contributed by atoms with Crippen LogP contribution in [0.25, 0.3) is 0 Å². The quantitative estimate of drug-likeness (QED) is 0.729. The molecule has 0 fully saturated rings. The lowest BCUT2D eigenvalue weighted by Crippen LogP contribution is -2.18. The van der Waals surface area contributed by atoms with Crippen LogP contribution in [-0.2, 0) is 9.84 Å². The second-order valence-corrected chi connectivity index (χ2v) is 5.30. The smallest absolute Gasteiger partial charge is 0.264 e.